The van der Waals surface area contributed by atoms with E-state index in [-0.39, 0.29) is 16.5 Å². The lowest BCUT2D eigenvalue weighted by atomic mass is 10.1. The number of ether oxygens (including phenoxy) is 1. The zero-order valence-corrected chi connectivity index (χ0v) is 10.6. The smallest absolute Gasteiger partial charge is 0.184 e. The molecule has 0 saturated carbocycles. The summed E-state index contributed by atoms with van der Waals surface area (Å²) in [6.07, 6.45) is 0. The van der Waals surface area contributed by atoms with Crippen molar-refractivity contribution in [3.8, 4) is 17.6 Å². The number of halogens is 2. The molecule has 0 heterocycles. The number of nitrogens with zero attached hydrogens (tertiary/aromatic N) is 1. The number of nitriles is 1. The molecule has 2 aromatic carbocycles. The van der Waals surface area contributed by atoms with Crippen LogP contribution in [-0.4, -0.2) is 0 Å². The van der Waals surface area contributed by atoms with Gasteiger partial charge in [0.05, 0.1) is 10.6 Å². The van der Waals surface area contributed by atoms with Crippen molar-refractivity contribution in [1.82, 2.24) is 0 Å². The first kappa shape index (κ1) is 13.3. The minimum atomic E-state index is -0.657. The molecule has 0 radical (unpaired) electrons. The Balaban J connectivity index is 2.39. The molecule has 0 saturated heterocycles. The molecule has 5 heteroatoms. The van der Waals surface area contributed by atoms with E-state index in [0.717, 1.165) is 5.56 Å². The highest BCUT2D eigenvalue weighted by atomic mass is 35.5. The Hall–Kier alpha value is -2.09. The van der Waals surface area contributed by atoms with Crippen LogP contribution < -0.4 is 10.5 Å². The molecule has 2 rings (SSSR count). The molecule has 0 aliphatic rings. The van der Waals surface area contributed by atoms with Gasteiger partial charge in [0.25, 0.3) is 0 Å². The lowest BCUT2D eigenvalue weighted by Gasteiger charge is -2.09. The van der Waals surface area contributed by atoms with Crippen LogP contribution in [0.3, 0.4) is 0 Å². The molecule has 19 heavy (non-hydrogen) atoms. The molecular formula is C14H10ClFN2O. The van der Waals surface area contributed by atoms with Crippen LogP contribution in [0.5, 0.6) is 11.5 Å². The summed E-state index contributed by atoms with van der Waals surface area (Å²) in [6.45, 7) is 0.320. The van der Waals surface area contributed by atoms with Crippen molar-refractivity contribution < 1.29 is 9.13 Å². The van der Waals surface area contributed by atoms with E-state index in [4.69, 9.17) is 27.3 Å². The molecule has 2 N–H and O–H groups in total. The van der Waals surface area contributed by atoms with Gasteiger partial charge in [0, 0.05) is 6.54 Å². The molecule has 0 fully saturated rings. The maximum absolute atomic E-state index is 13.7. The van der Waals surface area contributed by atoms with Crippen molar-refractivity contribution >= 4 is 11.6 Å². The topological polar surface area (TPSA) is 59.0 Å². The Morgan fingerprint density at radius 1 is 1.26 bits per heavy atom. The number of hydrogen-bond donors (Lipinski definition) is 1. The van der Waals surface area contributed by atoms with Crippen molar-refractivity contribution in [3.05, 3.63) is 58.4 Å². The Bertz CT molecular complexity index is 652. The van der Waals surface area contributed by atoms with Crippen LogP contribution in [0, 0.1) is 17.1 Å². The molecule has 0 spiro atoms. The number of hydrogen-bond acceptors (Lipinski definition) is 3. The van der Waals surface area contributed by atoms with Gasteiger partial charge in [-0.15, -0.1) is 0 Å². The van der Waals surface area contributed by atoms with Gasteiger partial charge in [-0.05, 0) is 29.8 Å². The van der Waals surface area contributed by atoms with Crippen molar-refractivity contribution in [2.45, 2.75) is 6.54 Å². The van der Waals surface area contributed by atoms with Gasteiger partial charge in [-0.25, -0.2) is 4.39 Å². The number of nitrogens with two attached hydrogens (primary N) is 1. The van der Waals surface area contributed by atoms with E-state index in [1.165, 1.54) is 12.1 Å². The fourth-order valence-corrected chi connectivity index (χ4v) is 1.73. The average Bonchev–Trinajstić information content (AvgIpc) is 2.44. The SMILES string of the molecule is N#Cc1cc(CN)ccc1Oc1cccc(Cl)c1F. The zero-order chi connectivity index (χ0) is 13.8. The van der Waals surface area contributed by atoms with Crippen LogP contribution in [0.4, 0.5) is 4.39 Å². The van der Waals surface area contributed by atoms with Crippen molar-refractivity contribution in [1.29, 1.82) is 5.26 Å². The third-order valence-corrected chi connectivity index (χ3v) is 2.83. The van der Waals surface area contributed by atoms with Crippen LogP contribution in [0.2, 0.25) is 5.02 Å². The Morgan fingerprint density at radius 2 is 2.05 bits per heavy atom. The first-order valence-electron chi connectivity index (χ1n) is 5.50. The normalized spacial score (nSPS) is 10.0. The third kappa shape index (κ3) is 2.84. The number of rotatable bonds is 3. The quantitative estimate of drug-likeness (QED) is 0.932. The molecule has 96 valence electrons. The minimum Gasteiger partial charge on any atom is -0.453 e. The molecule has 0 atom stereocenters. The predicted octanol–water partition coefficient (Wildman–Crippen LogP) is 3.60. The van der Waals surface area contributed by atoms with Crippen LogP contribution in [0.1, 0.15) is 11.1 Å². The van der Waals surface area contributed by atoms with Crippen molar-refractivity contribution in [3.63, 3.8) is 0 Å². The minimum absolute atomic E-state index is 0.0236. The maximum Gasteiger partial charge on any atom is 0.184 e. The Morgan fingerprint density at radius 3 is 2.74 bits per heavy atom. The lowest BCUT2D eigenvalue weighted by molar-refractivity contribution is 0.441. The second-order valence-electron chi connectivity index (χ2n) is 3.80. The van der Waals surface area contributed by atoms with E-state index in [1.807, 2.05) is 6.07 Å². The summed E-state index contributed by atoms with van der Waals surface area (Å²) in [7, 11) is 0. The van der Waals surface area contributed by atoms with Gasteiger partial charge >= 0.3 is 0 Å². The molecule has 0 aliphatic carbocycles. The highest BCUT2D eigenvalue weighted by Crippen LogP contribution is 2.30. The summed E-state index contributed by atoms with van der Waals surface area (Å²) in [5.74, 6) is -0.415. The van der Waals surface area contributed by atoms with Crippen LogP contribution in [-0.2, 0) is 6.54 Å². The number of benzene rings is 2. The standard InChI is InChI=1S/C14H10ClFN2O/c15-11-2-1-3-13(14(11)16)19-12-5-4-9(7-17)6-10(12)8-18/h1-6H,7,17H2. The van der Waals surface area contributed by atoms with Crippen molar-refractivity contribution in [2.24, 2.45) is 5.73 Å². The van der Waals surface area contributed by atoms with Crippen LogP contribution in [0.25, 0.3) is 0 Å². The largest absolute Gasteiger partial charge is 0.453 e. The van der Waals surface area contributed by atoms with Gasteiger partial charge < -0.3 is 10.5 Å². The first-order chi connectivity index (χ1) is 9.15. The molecule has 2 aromatic rings. The Labute approximate surface area is 115 Å². The predicted molar refractivity (Wildman–Crippen MR) is 70.5 cm³/mol. The summed E-state index contributed by atoms with van der Waals surface area (Å²) in [5, 5.41) is 9.02. The van der Waals surface area contributed by atoms with Gasteiger partial charge in [0.1, 0.15) is 11.8 Å². The van der Waals surface area contributed by atoms with Gasteiger partial charge in [-0.3, -0.25) is 0 Å². The van der Waals surface area contributed by atoms with Gasteiger partial charge in [-0.1, -0.05) is 23.7 Å². The molecule has 0 aliphatic heterocycles. The van der Waals surface area contributed by atoms with E-state index in [2.05, 4.69) is 0 Å². The molecule has 3 nitrogen and oxygen atoms in total. The van der Waals surface area contributed by atoms with E-state index < -0.39 is 5.82 Å². The monoisotopic (exact) mass is 276 g/mol. The van der Waals surface area contributed by atoms with E-state index >= 15 is 0 Å². The van der Waals surface area contributed by atoms with E-state index in [1.54, 1.807) is 24.3 Å². The summed E-state index contributed by atoms with van der Waals surface area (Å²) < 4.78 is 19.1. The zero-order valence-electron chi connectivity index (χ0n) is 9.86. The molecule has 0 aromatic heterocycles. The highest BCUT2D eigenvalue weighted by molar-refractivity contribution is 6.30. The third-order valence-electron chi connectivity index (χ3n) is 2.54. The summed E-state index contributed by atoms with van der Waals surface area (Å²) in [6, 6.07) is 11.3. The maximum atomic E-state index is 13.7. The molecule has 0 unspecified atom stereocenters. The second-order valence-corrected chi connectivity index (χ2v) is 4.21. The fourth-order valence-electron chi connectivity index (χ4n) is 1.56. The molecule has 0 amide bonds. The average molecular weight is 277 g/mol. The van der Waals surface area contributed by atoms with Gasteiger partial charge in [0.2, 0.25) is 0 Å². The van der Waals surface area contributed by atoms with E-state index in [9.17, 15) is 4.39 Å². The van der Waals surface area contributed by atoms with Gasteiger partial charge in [-0.2, -0.15) is 5.26 Å². The van der Waals surface area contributed by atoms with Crippen molar-refractivity contribution in [2.75, 3.05) is 0 Å². The van der Waals surface area contributed by atoms with Crippen LogP contribution in [0.15, 0.2) is 36.4 Å². The van der Waals surface area contributed by atoms with E-state index in [0.29, 0.717) is 12.1 Å². The van der Waals surface area contributed by atoms with Crippen LogP contribution >= 0.6 is 11.6 Å². The first-order valence-corrected chi connectivity index (χ1v) is 5.88. The fraction of sp³-hybridized carbons (Fsp3) is 0.0714. The molecular weight excluding hydrogens is 267 g/mol. The second kappa shape index (κ2) is 5.70. The van der Waals surface area contributed by atoms with Gasteiger partial charge in [0.15, 0.2) is 11.6 Å². The summed E-state index contributed by atoms with van der Waals surface area (Å²) in [4.78, 5) is 0. The Kier molecular flexibility index (Phi) is 4.00. The highest BCUT2D eigenvalue weighted by Gasteiger charge is 2.11. The lowest BCUT2D eigenvalue weighted by Crippen LogP contribution is -1.98. The summed E-state index contributed by atoms with van der Waals surface area (Å²) >= 11 is 5.66. The molecule has 0 bridgehead atoms. The summed E-state index contributed by atoms with van der Waals surface area (Å²) in [5.41, 5.74) is 6.59.